The van der Waals surface area contributed by atoms with Gasteiger partial charge in [-0.05, 0) is 7.05 Å². The topological polar surface area (TPSA) is 134 Å². The van der Waals surface area contributed by atoms with Gasteiger partial charge in [-0.2, -0.15) is 0 Å². The van der Waals surface area contributed by atoms with Crippen LogP contribution in [0.4, 0.5) is 0 Å². The second kappa shape index (κ2) is 6.58. The molecule has 1 saturated heterocycles. The number of nitriles is 5. The zero-order valence-electron chi connectivity index (χ0n) is 9.87. The van der Waals surface area contributed by atoms with Crippen molar-refractivity contribution in [3.05, 3.63) is 0 Å². The Morgan fingerprint density at radius 2 is 1.17 bits per heavy atom. The maximum absolute atomic E-state index is 8.35. The second-order valence-corrected chi connectivity index (χ2v) is 7.33. The monoisotopic (exact) mass is 286 g/mol. The molecule has 0 aromatic rings. The molecule has 0 saturated carbocycles. The van der Waals surface area contributed by atoms with Gasteiger partial charge in [0, 0.05) is 26.2 Å². The molecule has 1 N–H and O–H groups in total. The van der Waals surface area contributed by atoms with Gasteiger partial charge in [0.05, 0.1) is 0 Å². The Kier molecular flexibility index (Phi) is 5.81. The first-order valence-electron chi connectivity index (χ1n) is 4.79. The summed E-state index contributed by atoms with van der Waals surface area (Å²) < 4.78 is 0. The summed E-state index contributed by atoms with van der Waals surface area (Å²) in [5.74, 6) is 0. The van der Waals surface area contributed by atoms with E-state index >= 15 is 0 Å². The molecule has 1 aliphatic heterocycles. The third-order valence-corrected chi connectivity index (χ3v) is 4.60. The molecule has 0 atom stereocenters. The predicted molar refractivity (Wildman–Crippen MR) is 58.4 cm³/mol. The molecule has 1 rings (SSSR count). The summed E-state index contributed by atoms with van der Waals surface area (Å²) >= 11 is -4.78. The van der Waals surface area contributed by atoms with Crippen LogP contribution in [0.1, 0.15) is 0 Å². The van der Waals surface area contributed by atoms with Gasteiger partial charge in [0.1, 0.15) is 0 Å². The molecule has 0 aromatic carbocycles. The van der Waals surface area contributed by atoms with E-state index in [1.54, 1.807) is 0 Å². The Labute approximate surface area is 107 Å². The zero-order valence-corrected chi connectivity index (χ0v) is 11.0. The van der Waals surface area contributed by atoms with Crippen LogP contribution < -0.4 is 5.32 Å². The van der Waals surface area contributed by atoms with Crippen molar-refractivity contribution in [3.63, 3.8) is 0 Å². The van der Waals surface area contributed by atoms with Crippen molar-refractivity contribution in [2.75, 3.05) is 33.2 Å². The van der Waals surface area contributed by atoms with Gasteiger partial charge in [-0.1, -0.05) is 0 Å². The molecule has 0 aliphatic carbocycles. The summed E-state index contributed by atoms with van der Waals surface area (Å²) in [6.07, 6.45) is 0. The van der Waals surface area contributed by atoms with E-state index in [0.29, 0.717) is 0 Å². The predicted octanol–water partition coefficient (Wildman–Crippen LogP) is -0.397. The van der Waals surface area contributed by atoms with Gasteiger partial charge < -0.3 is 10.2 Å². The molecule has 1 fully saturated rings. The standard InChI is InChI=1S/C5H12N2.5CN.Fe/c1-7-4-2-6-3-5-7;5*1-2;/h6H,2-5H2,1H3;;;;;;. The van der Waals surface area contributed by atoms with E-state index in [0.717, 1.165) is 13.1 Å². The molecular weight excluding hydrogens is 274 g/mol. The molecular formula is C10H12FeN7. The van der Waals surface area contributed by atoms with Crippen molar-refractivity contribution in [2.24, 2.45) is 0 Å². The Bertz CT molecular complexity index is 402. The van der Waals surface area contributed by atoms with Gasteiger partial charge >= 0.3 is 62.9 Å². The molecule has 7 nitrogen and oxygen atoms in total. The summed E-state index contributed by atoms with van der Waals surface area (Å²) in [7, 11) is 2.15. The van der Waals surface area contributed by atoms with E-state index in [2.05, 4.69) is 17.3 Å². The number of piperazine rings is 1. The molecule has 8 heteroatoms. The van der Waals surface area contributed by atoms with Crippen LogP contribution >= 0.6 is 0 Å². The average molecular weight is 286 g/mol. The van der Waals surface area contributed by atoms with Gasteiger partial charge in [0.15, 0.2) is 0 Å². The third-order valence-electron chi connectivity index (χ3n) is 2.13. The normalized spacial score (nSPS) is 16.8. The first kappa shape index (κ1) is 15.9. The van der Waals surface area contributed by atoms with Crippen LogP contribution in [-0.4, -0.2) is 38.1 Å². The van der Waals surface area contributed by atoms with Gasteiger partial charge in [-0.3, -0.25) is 0 Å². The van der Waals surface area contributed by atoms with Crippen LogP contribution in [0.15, 0.2) is 0 Å². The van der Waals surface area contributed by atoms with Crippen LogP contribution in [0.2, 0.25) is 0 Å². The van der Waals surface area contributed by atoms with Crippen LogP contribution in [0, 0.1) is 51.1 Å². The molecule has 0 unspecified atom stereocenters. The van der Waals surface area contributed by atoms with Crippen molar-refractivity contribution in [1.29, 1.82) is 26.3 Å². The van der Waals surface area contributed by atoms with E-state index in [1.165, 1.54) is 37.9 Å². The number of likely N-dealkylation sites (N-methyl/N-ethyl adjacent to an activating group) is 1. The Morgan fingerprint density at radius 1 is 0.833 bits per heavy atom. The minimum absolute atomic E-state index is 1.16. The van der Waals surface area contributed by atoms with Gasteiger partial charge in [-0.15, -0.1) is 0 Å². The molecule has 0 spiro atoms. The molecule has 0 bridgehead atoms. The fourth-order valence-electron chi connectivity index (χ4n) is 0.953. The van der Waals surface area contributed by atoms with E-state index in [9.17, 15) is 0 Å². The SMILES string of the molecule is CN1CCNCC1.N#[C][Fe]([C]#N)([C]#N)([C]#N)[C]#N. The van der Waals surface area contributed by atoms with Crippen molar-refractivity contribution in [1.82, 2.24) is 10.2 Å². The fraction of sp³-hybridized carbons (Fsp3) is 0.500. The molecule has 95 valence electrons. The first-order valence-corrected chi connectivity index (χ1v) is 7.55. The van der Waals surface area contributed by atoms with Crippen LogP contribution in [0.5, 0.6) is 0 Å². The van der Waals surface area contributed by atoms with E-state index < -0.39 is 11.8 Å². The number of nitrogens with zero attached hydrogens (tertiary/aromatic N) is 6. The second-order valence-electron chi connectivity index (χ2n) is 3.33. The quantitative estimate of drug-likeness (QED) is 0.598. The minimum atomic E-state index is -4.78. The molecule has 1 aliphatic rings. The molecule has 18 heavy (non-hydrogen) atoms. The van der Waals surface area contributed by atoms with Crippen molar-refractivity contribution in [3.8, 4) is 24.8 Å². The zero-order chi connectivity index (χ0) is 14.1. The number of hydrogen-bond acceptors (Lipinski definition) is 7. The number of hydrogen-bond donors (Lipinski definition) is 1. The van der Waals surface area contributed by atoms with Gasteiger partial charge in [0.25, 0.3) is 0 Å². The fourth-order valence-corrected chi connectivity index (χ4v) is 1.51. The number of nitrogens with one attached hydrogen (secondary N) is 1. The van der Waals surface area contributed by atoms with E-state index in [1.807, 2.05) is 0 Å². The van der Waals surface area contributed by atoms with E-state index in [4.69, 9.17) is 26.3 Å². The summed E-state index contributed by atoms with van der Waals surface area (Å²) in [6, 6.07) is 0. The third kappa shape index (κ3) is 3.44. The molecule has 1 heterocycles. The first-order chi connectivity index (χ1) is 8.51. The van der Waals surface area contributed by atoms with Crippen molar-refractivity contribution >= 4 is 0 Å². The van der Waals surface area contributed by atoms with Gasteiger partial charge in [-0.25, -0.2) is 0 Å². The van der Waals surface area contributed by atoms with Crippen molar-refractivity contribution < 1.29 is 11.8 Å². The van der Waals surface area contributed by atoms with Crippen LogP contribution in [-0.2, 0) is 11.8 Å². The summed E-state index contributed by atoms with van der Waals surface area (Å²) in [6.45, 7) is 4.74. The van der Waals surface area contributed by atoms with Crippen LogP contribution in [0.25, 0.3) is 0 Å². The average Bonchev–Trinajstić information content (AvgIpc) is 2.45. The van der Waals surface area contributed by atoms with Crippen molar-refractivity contribution in [2.45, 2.75) is 0 Å². The molecule has 0 amide bonds. The van der Waals surface area contributed by atoms with Gasteiger partial charge in [0.2, 0.25) is 0 Å². The maximum atomic E-state index is 8.35. The summed E-state index contributed by atoms with van der Waals surface area (Å²) in [4.78, 5) is 8.45. The molecule has 0 radical (unpaired) electrons. The molecule has 0 aromatic heterocycles. The van der Waals surface area contributed by atoms with Crippen LogP contribution in [0.3, 0.4) is 0 Å². The Hall–Kier alpha value is -2.11. The summed E-state index contributed by atoms with van der Waals surface area (Å²) in [5.41, 5.74) is 0. The number of rotatable bonds is 0. The summed E-state index contributed by atoms with van der Waals surface area (Å²) in [5, 5.41) is 45.0. The Balaban J connectivity index is 0.000000351. The van der Waals surface area contributed by atoms with E-state index in [-0.39, 0.29) is 0 Å². The Morgan fingerprint density at radius 3 is 1.28 bits per heavy atom.